The zero-order valence-corrected chi connectivity index (χ0v) is 16.4. The lowest BCUT2D eigenvalue weighted by atomic mass is 10.2. The third-order valence-electron chi connectivity index (χ3n) is 4.35. The number of fused-ring (bicyclic) bond motifs is 1. The topological polar surface area (TPSA) is 78.3 Å². The molecule has 0 radical (unpaired) electrons. The predicted molar refractivity (Wildman–Crippen MR) is 107 cm³/mol. The van der Waals surface area contributed by atoms with Crippen LogP contribution in [0.15, 0.2) is 53.9 Å². The van der Waals surface area contributed by atoms with Gasteiger partial charge in [-0.15, -0.1) is 10.2 Å². The molecule has 28 heavy (non-hydrogen) atoms. The average molecular weight is 396 g/mol. The minimum Gasteiger partial charge on any atom is -0.486 e. The van der Waals surface area contributed by atoms with Gasteiger partial charge in [-0.3, -0.25) is 9.36 Å². The summed E-state index contributed by atoms with van der Waals surface area (Å²) in [6, 6.07) is 13.4. The molecule has 8 heteroatoms. The highest BCUT2D eigenvalue weighted by Gasteiger charge is 2.20. The van der Waals surface area contributed by atoms with Gasteiger partial charge in [0.1, 0.15) is 19.5 Å². The van der Waals surface area contributed by atoms with Crippen LogP contribution in [-0.2, 0) is 4.79 Å². The first-order valence-corrected chi connectivity index (χ1v) is 9.83. The van der Waals surface area contributed by atoms with Gasteiger partial charge in [0.05, 0.1) is 10.9 Å². The summed E-state index contributed by atoms with van der Waals surface area (Å²) in [7, 11) is 0. The number of hydrogen-bond acceptors (Lipinski definition) is 6. The van der Waals surface area contributed by atoms with E-state index >= 15 is 0 Å². The summed E-state index contributed by atoms with van der Waals surface area (Å²) < 4.78 is 13.0. The van der Waals surface area contributed by atoms with Crippen LogP contribution in [0.5, 0.6) is 11.5 Å². The first kappa shape index (κ1) is 18.4. The fourth-order valence-corrected chi connectivity index (χ4v) is 3.72. The summed E-state index contributed by atoms with van der Waals surface area (Å²) in [4.78, 5) is 12.7. The van der Waals surface area contributed by atoms with Crippen LogP contribution in [0.1, 0.15) is 12.5 Å². The Kier molecular flexibility index (Phi) is 5.21. The lowest BCUT2D eigenvalue weighted by molar-refractivity contribution is -0.115. The highest BCUT2D eigenvalue weighted by Crippen LogP contribution is 2.33. The molecule has 2 heterocycles. The second kappa shape index (κ2) is 7.93. The van der Waals surface area contributed by atoms with Crippen LogP contribution in [0, 0.1) is 6.92 Å². The molecule has 0 aliphatic carbocycles. The van der Waals surface area contributed by atoms with Gasteiger partial charge in [0, 0.05) is 11.8 Å². The maximum absolute atomic E-state index is 12.7. The van der Waals surface area contributed by atoms with Crippen molar-refractivity contribution < 1.29 is 14.3 Å². The van der Waals surface area contributed by atoms with Gasteiger partial charge in [-0.05, 0) is 37.6 Å². The lowest BCUT2D eigenvalue weighted by Crippen LogP contribution is -2.23. The van der Waals surface area contributed by atoms with Gasteiger partial charge in [-0.25, -0.2) is 0 Å². The van der Waals surface area contributed by atoms with Crippen LogP contribution in [0.4, 0.5) is 5.69 Å². The Hall–Kier alpha value is -3.00. The largest absolute Gasteiger partial charge is 0.486 e. The van der Waals surface area contributed by atoms with Crippen molar-refractivity contribution in [3.63, 3.8) is 0 Å². The van der Waals surface area contributed by atoms with E-state index < -0.39 is 0 Å². The monoisotopic (exact) mass is 396 g/mol. The number of carbonyl (C=O) groups excluding carboxylic acids is 1. The summed E-state index contributed by atoms with van der Waals surface area (Å²) >= 11 is 1.36. The summed E-state index contributed by atoms with van der Waals surface area (Å²) in [6.07, 6.45) is 1.66. The molecule has 1 aromatic heterocycles. The maximum Gasteiger partial charge on any atom is 0.237 e. The number of carbonyl (C=O) groups is 1. The normalized spacial score (nSPS) is 13.8. The first-order valence-electron chi connectivity index (χ1n) is 8.95. The van der Waals surface area contributed by atoms with Crippen molar-refractivity contribution in [1.82, 2.24) is 14.8 Å². The number of anilines is 1. The highest BCUT2D eigenvalue weighted by atomic mass is 32.2. The van der Waals surface area contributed by atoms with E-state index in [1.165, 1.54) is 11.8 Å². The van der Waals surface area contributed by atoms with Crippen molar-refractivity contribution in [1.29, 1.82) is 0 Å². The quantitative estimate of drug-likeness (QED) is 0.666. The molecule has 144 valence electrons. The fraction of sp³-hybridized carbons (Fsp3) is 0.250. The second-order valence-corrected chi connectivity index (χ2v) is 7.69. The van der Waals surface area contributed by atoms with Crippen LogP contribution in [0.3, 0.4) is 0 Å². The van der Waals surface area contributed by atoms with Crippen molar-refractivity contribution in [3.05, 3.63) is 54.4 Å². The summed E-state index contributed by atoms with van der Waals surface area (Å²) in [5, 5.41) is 11.4. The Bertz CT molecular complexity index is 1000. The zero-order chi connectivity index (χ0) is 19.5. The van der Waals surface area contributed by atoms with Crippen molar-refractivity contribution in [2.24, 2.45) is 0 Å². The summed E-state index contributed by atoms with van der Waals surface area (Å²) in [6.45, 7) is 4.91. The van der Waals surface area contributed by atoms with Gasteiger partial charge in [0.2, 0.25) is 5.91 Å². The Balaban J connectivity index is 1.46. The van der Waals surface area contributed by atoms with Gasteiger partial charge in [0.25, 0.3) is 0 Å². The van der Waals surface area contributed by atoms with Gasteiger partial charge >= 0.3 is 0 Å². The van der Waals surface area contributed by atoms with Crippen LogP contribution in [0.25, 0.3) is 5.69 Å². The van der Waals surface area contributed by atoms with Crippen LogP contribution >= 0.6 is 11.8 Å². The average Bonchev–Trinajstić information content (AvgIpc) is 3.16. The standard InChI is InChI=1S/C20H20N4O3S/c1-13-5-3-4-6-16(13)24-12-21-23-20(24)28-14(2)19(25)22-15-7-8-17-18(11-15)27-10-9-26-17/h3-8,11-12,14H,9-10H2,1-2H3,(H,22,25)/t14-/m0/s1. The molecule has 1 N–H and O–H groups in total. The number of para-hydroxylation sites is 1. The lowest BCUT2D eigenvalue weighted by Gasteiger charge is -2.19. The second-order valence-electron chi connectivity index (χ2n) is 6.38. The van der Waals surface area contributed by atoms with Crippen LogP contribution in [0.2, 0.25) is 0 Å². The molecule has 1 aliphatic rings. The molecule has 0 spiro atoms. The van der Waals surface area contributed by atoms with Crippen molar-refractivity contribution in [2.45, 2.75) is 24.3 Å². The molecule has 1 aliphatic heterocycles. The molecule has 0 bridgehead atoms. The minimum absolute atomic E-state index is 0.124. The molecular weight excluding hydrogens is 376 g/mol. The molecule has 7 nitrogen and oxygen atoms in total. The molecule has 0 fully saturated rings. The van der Waals surface area contributed by atoms with Gasteiger partial charge < -0.3 is 14.8 Å². The number of ether oxygens (including phenoxy) is 2. The van der Waals surface area contributed by atoms with E-state index in [2.05, 4.69) is 15.5 Å². The summed E-state index contributed by atoms with van der Waals surface area (Å²) in [5.41, 5.74) is 2.77. The number of aryl methyl sites for hydroxylation is 1. The number of thioether (sulfide) groups is 1. The van der Waals surface area contributed by atoms with Crippen LogP contribution in [-0.4, -0.2) is 39.1 Å². The SMILES string of the molecule is Cc1ccccc1-n1cnnc1S[C@@H](C)C(=O)Nc1ccc2c(c1)OCCO2. The molecule has 2 aromatic carbocycles. The number of amides is 1. The first-order chi connectivity index (χ1) is 13.6. The van der Waals surface area contributed by atoms with Gasteiger partial charge in [-0.2, -0.15) is 0 Å². The highest BCUT2D eigenvalue weighted by molar-refractivity contribution is 8.00. The molecule has 1 atom stereocenters. The molecule has 0 saturated heterocycles. The van der Waals surface area contributed by atoms with E-state index in [1.54, 1.807) is 24.5 Å². The van der Waals surface area contributed by atoms with E-state index in [0.29, 0.717) is 35.6 Å². The zero-order valence-electron chi connectivity index (χ0n) is 15.6. The Morgan fingerprint density at radius 2 is 1.96 bits per heavy atom. The third kappa shape index (κ3) is 3.82. The number of rotatable bonds is 5. The van der Waals surface area contributed by atoms with Crippen molar-refractivity contribution >= 4 is 23.4 Å². The van der Waals surface area contributed by atoms with E-state index in [1.807, 2.05) is 42.7 Å². The van der Waals surface area contributed by atoms with E-state index in [-0.39, 0.29) is 11.2 Å². The minimum atomic E-state index is -0.361. The van der Waals surface area contributed by atoms with E-state index in [4.69, 9.17) is 9.47 Å². The van der Waals surface area contributed by atoms with Gasteiger partial charge in [0.15, 0.2) is 16.7 Å². The van der Waals surface area contributed by atoms with Gasteiger partial charge in [-0.1, -0.05) is 30.0 Å². The molecular formula is C20H20N4O3S. The molecule has 4 rings (SSSR count). The Labute approximate surface area is 167 Å². The number of hydrogen-bond donors (Lipinski definition) is 1. The number of aromatic nitrogens is 3. The number of nitrogens with one attached hydrogen (secondary N) is 1. The van der Waals surface area contributed by atoms with Crippen LogP contribution < -0.4 is 14.8 Å². The smallest absolute Gasteiger partial charge is 0.237 e. The number of nitrogens with zero attached hydrogens (tertiary/aromatic N) is 3. The third-order valence-corrected chi connectivity index (χ3v) is 5.41. The Morgan fingerprint density at radius 1 is 1.18 bits per heavy atom. The number of benzene rings is 2. The van der Waals surface area contributed by atoms with E-state index in [9.17, 15) is 4.79 Å². The fourth-order valence-electron chi connectivity index (χ4n) is 2.88. The van der Waals surface area contributed by atoms with Crippen molar-refractivity contribution in [2.75, 3.05) is 18.5 Å². The summed E-state index contributed by atoms with van der Waals surface area (Å²) in [5.74, 6) is 1.21. The maximum atomic E-state index is 12.7. The molecule has 0 unspecified atom stereocenters. The predicted octanol–water partition coefficient (Wildman–Crippen LogP) is 3.47. The molecule has 0 saturated carbocycles. The van der Waals surface area contributed by atoms with Crippen molar-refractivity contribution in [3.8, 4) is 17.2 Å². The molecule has 1 amide bonds. The van der Waals surface area contributed by atoms with E-state index in [0.717, 1.165) is 11.3 Å². The molecule has 3 aromatic rings. The Morgan fingerprint density at radius 3 is 2.79 bits per heavy atom.